The highest BCUT2D eigenvalue weighted by atomic mass is 16.5. The summed E-state index contributed by atoms with van der Waals surface area (Å²) < 4.78 is 12.6. The van der Waals surface area contributed by atoms with Gasteiger partial charge in [0.2, 0.25) is 0 Å². The van der Waals surface area contributed by atoms with Gasteiger partial charge in [-0.25, -0.2) is 14.8 Å². The third kappa shape index (κ3) is 2.70. The fourth-order valence-corrected chi connectivity index (χ4v) is 3.63. The van der Waals surface area contributed by atoms with E-state index < -0.39 is 5.97 Å². The van der Waals surface area contributed by atoms with Gasteiger partial charge in [0.05, 0.1) is 31.0 Å². The zero-order valence-electron chi connectivity index (χ0n) is 15.7. The molecule has 1 fully saturated rings. The van der Waals surface area contributed by atoms with E-state index in [9.17, 15) is 4.79 Å². The molecule has 1 aliphatic rings. The van der Waals surface area contributed by atoms with Crippen molar-refractivity contribution in [2.75, 3.05) is 14.2 Å². The molecular weight excluding hydrogens is 356 g/mol. The number of nitrogens with one attached hydrogen (secondary N) is 1. The van der Waals surface area contributed by atoms with Gasteiger partial charge in [0, 0.05) is 18.1 Å². The summed E-state index contributed by atoms with van der Waals surface area (Å²) >= 11 is 0. The van der Waals surface area contributed by atoms with Gasteiger partial charge in [-0.3, -0.25) is 0 Å². The highest BCUT2D eigenvalue weighted by molar-refractivity contribution is 5.97. The quantitative estimate of drug-likeness (QED) is 0.536. The molecule has 1 aliphatic carbocycles. The molecule has 4 aromatic rings. The first-order valence-electron chi connectivity index (χ1n) is 9.28. The predicted molar refractivity (Wildman–Crippen MR) is 105 cm³/mol. The van der Waals surface area contributed by atoms with Gasteiger partial charge < -0.3 is 19.0 Å². The maximum atomic E-state index is 12.0. The summed E-state index contributed by atoms with van der Waals surface area (Å²) in [5.74, 6) is 1.56. The number of aromatic nitrogens is 4. The minimum absolute atomic E-state index is 0.407. The summed E-state index contributed by atoms with van der Waals surface area (Å²) in [4.78, 5) is 24.7. The number of hydrogen-bond acceptors (Lipinski definition) is 5. The van der Waals surface area contributed by atoms with Gasteiger partial charge in [0.15, 0.2) is 5.82 Å². The maximum absolute atomic E-state index is 12.0. The van der Waals surface area contributed by atoms with Gasteiger partial charge in [-0.05, 0) is 49.1 Å². The molecule has 3 heterocycles. The third-order valence-electron chi connectivity index (χ3n) is 5.23. The van der Waals surface area contributed by atoms with Crippen molar-refractivity contribution in [3.05, 3.63) is 42.1 Å². The Hall–Kier alpha value is -3.35. The second-order valence-electron chi connectivity index (χ2n) is 7.15. The Bertz CT molecular complexity index is 1200. The minimum atomic E-state index is -0.420. The van der Waals surface area contributed by atoms with Crippen LogP contribution in [0.4, 0.5) is 0 Å². The highest BCUT2D eigenvalue weighted by Crippen LogP contribution is 2.36. The molecule has 0 radical (unpaired) electrons. The van der Waals surface area contributed by atoms with Crippen molar-refractivity contribution in [3.8, 4) is 17.3 Å². The number of benzene rings is 1. The fourth-order valence-electron chi connectivity index (χ4n) is 3.63. The van der Waals surface area contributed by atoms with Crippen LogP contribution >= 0.6 is 0 Å². The van der Waals surface area contributed by atoms with E-state index in [1.54, 1.807) is 19.2 Å². The van der Waals surface area contributed by atoms with E-state index >= 15 is 0 Å². The molecule has 5 rings (SSSR count). The van der Waals surface area contributed by atoms with Crippen LogP contribution in [0.3, 0.4) is 0 Å². The minimum Gasteiger partial charge on any atom is -0.494 e. The van der Waals surface area contributed by atoms with Crippen LogP contribution < -0.4 is 4.74 Å². The van der Waals surface area contributed by atoms with Crippen molar-refractivity contribution in [3.63, 3.8) is 0 Å². The second-order valence-corrected chi connectivity index (χ2v) is 7.15. The Morgan fingerprint density at radius 1 is 1.29 bits per heavy atom. The number of hydrogen-bond donors (Lipinski definition) is 1. The lowest BCUT2D eigenvalue weighted by molar-refractivity contribution is 0.0600. The number of nitrogens with zero attached hydrogens (tertiary/aromatic N) is 3. The Balaban J connectivity index is 1.70. The number of rotatable bonds is 5. The van der Waals surface area contributed by atoms with Gasteiger partial charge in [-0.2, -0.15) is 0 Å². The lowest BCUT2D eigenvalue weighted by Crippen LogP contribution is -2.03. The number of esters is 1. The van der Waals surface area contributed by atoms with Crippen LogP contribution in [0, 0.1) is 5.92 Å². The first-order valence-corrected chi connectivity index (χ1v) is 9.28. The van der Waals surface area contributed by atoms with Crippen LogP contribution in [0.25, 0.3) is 33.6 Å². The van der Waals surface area contributed by atoms with Crippen LogP contribution in [0.1, 0.15) is 23.2 Å². The van der Waals surface area contributed by atoms with E-state index in [4.69, 9.17) is 14.5 Å². The van der Waals surface area contributed by atoms with E-state index in [0.717, 1.165) is 34.6 Å². The largest absolute Gasteiger partial charge is 0.494 e. The molecule has 1 aromatic carbocycles. The van der Waals surface area contributed by atoms with Crippen molar-refractivity contribution in [1.82, 2.24) is 19.5 Å². The number of H-pyrrole nitrogens is 1. The molecule has 142 valence electrons. The number of fused-ring (bicyclic) bond motifs is 2. The third-order valence-corrected chi connectivity index (χ3v) is 5.23. The molecule has 7 heteroatoms. The van der Waals surface area contributed by atoms with Crippen molar-refractivity contribution < 1.29 is 14.3 Å². The smallest absolute Gasteiger partial charge is 0.338 e. The SMILES string of the molecule is COC(=O)c1cc(OC)c2[nH]c(-c3cc4cccnc4n3CC3CC3)nc2c1. The molecule has 0 aliphatic heterocycles. The molecular formula is C21H20N4O3. The molecule has 0 bridgehead atoms. The molecule has 1 saturated carbocycles. The van der Waals surface area contributed by atoms with E-state index in [2.05, 4.69) is 26.7 Å². The van der Waals surface area contributed by atoms with Gasteiger partial charge >= 0.3 is 5.97 Å². The first-order chi connectivity index (χ1) is 13.7. The second kappa shape index (κ2) is 6.37. The zero-order chi connectivity index (χ0) is 19.3. The Morgan fingerprint density at radius 3 is 2.89 bits per heavy atom. The Labute approximate surface area is 161 Å². The summed E-state index contributed by atoms with van der Waals surface area (Å²) in [6, 6.07) is 9.50. The first kappa shape index (κ1) is 16.8. The molecule has 28 heavy (non-hydrogen) atoms. The fraction of sp³-hybridized carbons (Fsp3) is 0.286. The molecule has 0 spiro atoms. The van der Waals surface area contributed by atoms with Gasteiger partial charge in [-0.15, -0.1) is 0 Å². The van der Waals surface area contributed by atoms with Gasteiger partial charge in [0.25, 0.3) is 0 Å². The number of imidazole rings is 1. The predicted octanol–water partition coefficient (Wildman–Crippen LogP) is 3.78. The van der Waals surface area contributed by atoms with E-state index in [1.165, 1.54) is 20.0 Å². The molecule has 1 N–H and O–H groups in total. The molecule has 0 unspecified atom stereocenters. The van der Waals surface area contributed by atoms with Crippen molar-refractivity contribution in [2.45, 2.75) is 19.4 Å². The van der Waals surface area contributed by atoms with Crippen LogP contribution in [-0.4, -0.2) is 39.7 Å². The maximum Gasteiger partial charge on any atom is 0.338 e. The Kier molecular flexibility index (Phi) is 3.82. The number of aromatic amines is 1. The Morgan fingerprint density at radius 2 is 2.14 bits per heavy atom. The lowest BCUT2D eigenvalue weighted by Gasteiger charge is -2.07. The monoisotopic (exact) mass is 376 g/mol. The van der Waals surface area contributed by atoms with Crippen LogP contribution in [0.2, 0.25) is 0 Å². The van der Waals surface area contributed by atoms with Crippen molar-refractivity contribution >= 4 is 28.0 Å². The van der Waals surface area contributed by atoms with E-state index in [-0.39, 0.29) is 0 Å². The van der Waals surface area contributed by atoms with Crippen molar-refractivity contribution in [1.29, 1.82) is 0 Å². The topological polar surface area (TPSA) is 82.0 Å². The summed E-state index contributed by atoms with van der Waals surface area (Å²) in [6.07, 6.45) is 4.32. The average Bonchev–Trinajstić information content (AvgIpc) is 3.32. The van der Waals surface area contributed by atoms with Gasteiger partial charge in [-0.1, -0.05) is 0 Å². The van der Waals surface area contributed by atoms with Crippen LogP contribution in [-0.2, 0) is 11.3 Å². The lowest BCUT2D eigenvalue weighted by atomic mass is 10.2. The van der Waals surface area contributed by atoms with Gasteiger partial charge in [0.1, 0.15) is 16.9 Å². The summed E-state index contributed by atoms with van der Waals surface area (Å²) in [5.41, 5.74) is 3.77. The van der Waals surface area contributed by atoms with E-state index in [0.29, 0.717) is 22.7 Å². The summed E-state index contributed by atoms with van der Waals surface area (Å²) in [5, 5.41) is 1.08. The number of methoxy groups -OCH3 is 2. The van der Waals surface area contributed by atoms with Crippen molar-refractivity contribution in [2.24, 2.45) is 5.92 Å². The zero-order valence-corrected chi connectivity index (χ0v) is 15.7. The highest BCUT2D eigenvalue weighted by Gasteiger charge is 2.25. The van der Waals surface area contributed by atoms with E-state index in [1.807, 2.05) is 12.3 Å². The number of carbonyl (C=O) groups is 1. The molecule has 0 amide bonds. The number of carbonyl (C=O) groups excluding carboxylic acids is 1. The normalized spacial score (nSPS) is 13.9. The molecule has 0 saturated heterocycles. The summed E-state index contributed by atoms with van der Waals surface area (Å²) in [6.45, 7) is 0.928. The number of pyridine rings is 1. The molecule has 3 aromatic heterocycles. The molecule has 0 atom stereocenters. The van der Waals surface area contributed by atoms with Crippen LogP contribution in [0.5, 0.6) is 5.75 Å². The average molecular weight is 376 g/mol. The summed E-state index contributed by atoms with van der Waals surface area (Å²) in [7, 11) is 2.93. The standard InChI is InChI=1S/C21H20N4O3/c1-27-17-10-14(21(26)28-2)8-15-18(17)24-19(23-15)16-9-13-4-3-7-22-20(13)25(16)11-12-5-6-12/h3-4,7-10,12H,5-6,11H2,1-2H3,(H,23,24). The van der Waals surface area contributed by atoms with Crippen LogP contribution in [0.15, 0.2) is 36.5 Å². The number of ether oxygens (including phenoxy) is 2. The molecule has 7 nitrogen and oxygen atoms in total.